The van der Waals surface area contributed by atoms with Crippen LogP contribution in [-0.2, 0) is 16.1 Å². The van der Waals surface area contributed by atoms with E-state index in [1.54, 1.807) is 0 Å². The highest BCUT2D eigenvalue weighted by atomic mass is 16.5. The third-order valence-electron chi connectivity index (χ3n) is 3.29. The Morgan fingerprint density at radius 3 is 2.89 bits per heavy atom. The van der Waals surface area contributed by atoms with Gasteiger partial charge in [0, 0.05) is 17.9 Å². The molecule has 0 aliphatic heterocycles. The number of esters is 1. The van der Waals surface area contributed by atoms with Crippen molar-refractivity contribution in [3.05, 3.63) is 41.1 Å². The normalized spacial score (nSPS) is 14.6. The number of allylic oxidation sites excluding steroid dienone is 1. The van der Waals surface area contributed by atoms with Gasteiger partial charge in [0.1, 0.15) is 0 Å². The van der Waals surface area contributed by atoms with Crippen molar-refractivity contribution in [2.45, 2.75) is 32.7 Å². The van der Waals surface area contributed by atoms with Crippen LogP contribution in [0.25, 0.3) is 0 Å². The Kier molecular flexibility index (Phi) is 4.44. The zero-order chi connectivity index (χ0) is 13.7. The van der Waals surface area contributed by atoms with Gasteiger partial charge in [-0.3, -0.25) is 0 Å². The van der Waals surface area contributed by atoms with E-state index in [0.717, 1.165) is 41.8 Å². The molecule has 3 N–H and O–H groups in total. The number of nitrogens with one attached hydrogen (secondary N) is 1. The third kappa shape index (κ3) is 3.28. The first-order valence-electron chi connectivity index (χ1n) is 6.68. The molecule has 2 rings (SSSR count). The fourth-order valence-corrected chi connectivity index (χ4v) is 2.28. The van der Waals surface area contributed by atoms with Crippen LogP contribution >= 0.6 is 0 Å². The van der Waals surface area contributed by atoms with Gasteiger partial charge in [0.2, 0.25) is 0 Å². The molecule has 0 bridgehead atoms. The molecule has 0 fully saturated rings. The van der Waals surface area contributed by atoms with Crippen LogP contribution in [0.15, 0.2) is 35.5 Å². The zero-order valence-corrected chi connectivity index (χ0v) is 11.2. The molecule has 4 nitrogen and oxygen atoms in total. The van der Waals surface area contributed by atoms with E-state index in [9.17, 15) is 4.79 Å². The molecule has 1 aliphatic carbocycles. The standard InChI is InChI=1S/C15H20N2O2/c1-2-19-15(18)12-7-5-9-14(12)17-10-11-6-3-4-8-13(11)16/h3-4,6,8,17H,2,5,7,9-10,16H2,1H3. The highest BCUT2D eigenvalue weighted by Crippen LogP contribution is 2.25. The number of nitrogens with two attached hydrogens (primary N) is 1. The summed E-state index contributed by atoms with van der Waals surface area (Å²) < 4.78 is 5.07. The van der Waals surface area contributed by atoms with Crippen molar-refractivity contribution < 1.29 is 9.53 Å². The number of rotatable bonds is 5. The van der Waals surface area contributed by atoms with Crippen molar-refractivity contribution in [1.82, 2.24) is 5.32 Å². The first-order chi connectivity index (χ1) is 9.22. The summed E-state index contributed by atoms with van der Waals surface area (Å²) in [7, 11) is 0. The molecule has 102 valence electrons. The maximum atomic E-state index is 11.8. The van der Waals surface area contributed by atoms with E-state index in [1.165, 1.54) is 0 Å². The zero-order valence-electron chi connectivity index (χ0n) is 11.2. The van der Waals surface area contributed by atoms with Gasteiger partial charge in [-0.05, 0) is 37.8 Å². The molecule has 1 aromatic carbocycles. The lowest BCUT2D eigenvalue weighted by atomic mass is 10.1. The van der Waals surface area contributed by atoms with Crippen LogP contribution in [0.1, 0.15) is 31.7 Å². The minimum Gasteiger partial charge on any atom is -0.463 e. The van der Waals surface area contributed by atoms with Gasteiger partial charge in [0.05, 0.1) is 12.2 Å². The van der Waals surface area contributed by atoms with Gasteiger partial charge in [-0.2, -0.15) is 0 Å². The second-order valence-corrected chi connectivity index (χ2v) is 4.58. The lowest BCUT2D eigenvalue weighted by molar-refractivity contribution is -0.138. The number of anilines is 1. The number of hydrogen-bond acceptors (Lipinski definition) is 4. The van der Waals surface area contributed by atoms with E-state index in [2.05, 4.69) is 5.32 Å². The molecule has 0 radical (unpaired) electrons. The molecule has 4 heteroatoms. The lowest BCUT2D eigenvalue weighted by Gasteiger charge is -2.11. The van der Waals surface area contributed by atoms with Crippen LogP contribution in [0.5, 0.6) is 0 Å². The Balaban J connectivity index is 2.03. The van der Waals surface area contributed by atoms with E-state index in [4.69, 9.17) is 10.5 Å². The average Bonchev–Trinajstić information content (AvgIpc) is 2.86. The second kappa shape index (κ2) is 6.27. The first kappa shape index (κ1) is 13.5. The Hall–Kier alpha value is -1.97. The van der Waals surface area contributed by atoms with E-state index >= 15 is 0 Å². The second-order valence-electron chi connectivity index (χ2n) is 4.58. The molecule has 0 amide bonds. The molecular weight excluding hydrogens is 240 g/mol. The summed E-state index contributed by atoms with van der Waals surface area (Å²) in [5, 5.41) is 3.33. The van der Waals surface area contributed by atoms with Gasteiger partial charge >= 0.3 is 5.97 Å². The Bertz CT molecular complexity index is 495. The summed E-state index contributed by atoms with van der Waals surface area (Å²) in [5.74, 6) is -0.191. The molecule has 0 spiro atoms. The van der Waals surface area contributed by atoms with Crippen molar-refractivity contribution in [2.24, 2.45) is 0 Å². The number of para-hydroxylation sites is 1. The van der Waals surface area contributed by atoms with Crippen LogP contribution in [0, 0.1) is 0 Å². The van der Waals surface area contributed by atoms with Gasteiger partial charge in [0.25, 0.3) is 0 Å². The summed E-state index contributed by atoms with van der Waals surface area (Å²) in [6, 6.07) is 7.74. The van der Waals surface area contributed by atoms with Crippen LogP contribution < -0.4 is 11.1 Å². The Morgan fingerprint density at radius 1 is 1.37 bits per heavy atom. The van der Waals surface area contributed by atoms with Gasteiger partial charge in [-0.25, -0.2) is 4.79 Å². The topological polar surface area (TPSA) is 64.3 Å². The average molecular weight is 260 g/mol. The van der Waals surface area contributed by atoms with Gasteiger partial charge < -0.3 is 15.8 Å². The van der Waals surface area contributed by atoms with E-state index in [1.807, 2.05) is 31.2 Å². The lowest BCUT2D eigenvalue weighted by Crippen LogP contribution is -2.17. The van der Waals surface area contributed by atoms with Crippen LogP contribution in [-0.4, -0.2) is 12.6 Å². The predicted octanol–water partition coefficient (Wildman–Crippen LogP) is 2.36. The minimum atomic E-state index is -0.191. The van der Waals surface area contributed by atoms with Crippen LogP contribution in [0.2, 0.25) is 0 Å². The van der Waals surface area contributed by atoms with E-state index < -0.39 is 0 Å². The van der Waals surface area contributed by atoms with Crippen molar-refractivity contribution in [1.29, 1.82) is 0 Å². The number of benzene rings is 1. The summed E-state index contributed by atoms with van der Waals surface area (Å²) in [6.45, 7) is 2.89. The molecule has 0 heterocycles. The number of carbonyl (C=O) groups excluding carboxylic acids is 1. The minimum absolute atomic E-state index is 0.191. The maximum Gasteiger partial charge on any atom is 0.335 e. The summed E-state index contributed by atoms with van der Waals surface area (Å²) in [6.07, 6.45) is 2.70. The molecule has 19 heavy (non-hydrogen) atoms. The van der Waals surface area contributed by atoms with Gasteiger partial charge in [0.15, 0.2) is 0 Å². The van der Waals surface area contributed by atoms with Crippen molar-refractivity contribution in [3.63, 3.8) is 0 Å². The molecule has 1 aromatic rings. The van der Waals surface area contributed by atoms with Crippen molar-refractivity contribution in [2.75, 3.05) is 12.3 Å². The largest absolute Gasteiger partial charge is 0.463 e. The highest BCUT2D eigenvalue weighted by Gasteiger charge is 2.21. The Labute approximate surface area is 113 Å². The van der Waals surface area contributed by atoms with Crippen molar-refractivity contribution in [3.8, 4) is 0 Å². The number of hydrogen-bond donors (Lipinski definition) is 2. The Morgan fingerprint density at radius 2 is 2.16 bits per heavy atom. The van der Waals surface area contributed by atoms with E-state index in [-0.39, 0.29) is 5.97 Å². The monoisotopic (exact) mass is 260 g/mol. The number of nitrogen functional groups attached to an aromatic ring is 1. The van der Waals surface area contributed by atoms with Crippen LogP contribution in [0.4, 0.5) is 5.69 Å². The fourth-order valence-electron chi connectivity index (χ4n) is 2.28. The number of carbonyl (C=O) groups is 1. The molecule has 0 saturated heterocycles. The maximum absolute atomic E-state index is 11.8. The van der Waals surface area contributed by atoms with Crippen molar-refractivity contribution >= 4 is 11.7 Å². The van der Waals surface area contributed by atoms with Gasteiger partial charge in [-0.15, -0.1) is 0 Å². The number of ether oxygens (including phenoxy) is 1. The quantitative estimate of drug-likeness (QED) is 0.630. The SMILES string of the molecule is CCOC(=O)C1=C(NCc2ccccc2N)CCC1. The molecule has 1 aliphatic rings. The highest BCUT2D eigenvalue weighted by molar-refractivity contribution is 5.89. The van der Waals surface area contributed by atoms with Gasteiger partial charge in [-0.1, -0.05) is 18.2 Å². The molecule has 0 atom stereocenters. The van der Waals surface area contributed by atoms with Crippen LogP contribution in [0.3, 0.4) is 0 Å². The summed E-state index contributed by atoms with van der Waals surface area (Å²) in [4.78, 5) is 11.8. The molecular formula is C15H20N2O2. The molecule has 0 aromatic heterocycles. The first-order valence-corrected chi connectivity index (χ1v) is 6.68. The molecule has 0 saturated carbocycles. The predicted molar refractivity (Wildman–Crippen MR) is 75.2 cm³/mol. The summed E-state index contributed by atoms with van der Waals surface area (Å²) in [5.41, 5.74) is 9.51. The third-order valence-corrected chi connectivity index (χ3v) is 3.29. The molecule has 0 unspecified atom stereocenters. The van der Waals surface area contributed by atoms with E-state index in [0.29, 0.717) is 13.2 Å². The fraction of sp³-hybridized carbons (Fsp3) is 0.400. The smallest absolute Gasteiger partial charge is 0.335 e. The summed E-state index contributed by atoms with van der Waals surface area (Å²) >= 11 is 0.